The maximum Gasteiger partial charge on any atom is 0.110 e. The van der Waals surface area contributed by atoms with Gasteiger partial charge in [0.25, 0.3) is 0 Å². The summed E-state index contributed by atoms with van der Waals surface area (Å²) in [4.78, 5) is 4.87. The molecule has 0 aliphatic heterocycles. The molecule has 0 saturated heterocycles. The molecule has 1 aliphatic rings. The van der Waals surface area contributed by atoms with Crippen LogP contribution < -0.4 is 5.73 Å². The van der Waals surface area contributed by atoms with Gasteiger partial charge in [-0.25, -0.2) is 0 Å². The highest BCUT2D eigenvalue weighted by Crippen LogP contribution is 2.36. The van der Waals surface area contributed by atoms with Crippen LogP contribution >= 0.6 is 0 Å². The molecule has 1 aromatic carbocycles. The number of nitrogens with two attached hydrogens (primary N) is 1. The van der Waals surface area contributed by atoms with Crippen molar-refractivity contribution in [2.45, 2.75) is 66.8 Å². The monoisotopic (exact) mass is 378 g/mol. The van der Waals surface area contributed by atoms with Gasteiger partial charge in [0.15, 0.2) is 0 Å². The minimum absolute atomic E-state index is 0.342. The summed E-state index contributed by atoms with van der Waals surface area (Å²) in [5.74, 6) is 0. The second kappa shape index (κ2) is 8.04. The number of aromatic nitrogens is 2. The maximum absolute atomic E-state index is 5.68. The van der Waals surface area contributed by atoms with Gasteiger partial charge in [-0.05, 0) is 69.5 Å². The Kier molecular flexibility index (Phi) is 5.90. The minimum Gasteiger partial charge on any atom is -0.330 e. The number of hydrogen-bond donors (Lipinski definition) is 1. The van der Waals surface area contributed by atoms with Crippen LogP contribution in [0.2, 0.25) is 0 Å². The lowest BCUT2D eigenvalue weighted by Gasteiger charge is -2.30. The quantitative estimate of drug-likeness (QED) is 0.740. The van der Waals surface area contributed by atoms with E-state index in [-0.39, 0.29) is 0 Å². The zero-order chi connectivity index (χ0) is 20.5. The van der Waals surface area contributed by atoms with Crippen molar-refractivity contribution >= 4 is 11.4 Å². The second-order valence-electron chi connectivity index (χ2n) is 8.76. The Bertz CT molecular complexity index is 915. The third kappa shape index (κ3) is 4.12. The van der Waals surface area contributed by atoms with Gasteiger partial charge in [-0.2, -0.15) is 5.10 Å². The summed E-state index contributed by atoms with van der Waals surface area (Å²) in [6.45, 7) is 16.8. The average Bonchev–Trinajstić information content (AvgIpc) is 2.98. The van der Waals surface area contributed by atoms with Gasteiger partial charge in [-0.15, -0.1) is 0 Å². The fourth-order valence-electron chi connectivity index (χ4n) is 4.24. The fourth-order valence-corrected chi connectivity index (χ4v) is 4.24. The van der Waals surface area contributed by atoms with Gasteiger partial charge in [0.05, 0.1) is 11.4 Å². The summed E-state index contributed by atoms with van der Waals surface area (Å²) in [6, 6.07) is 6.43. The van der Waals surface area contributed by atoms with E-state index in [1.54, 1.807) is 0 Å². The molecule has 4 heteroatoms. The minimum atomic E-state index is 0.342. The van der Waals surface area contributed by atoms with Crippen molar-refractivity contribution in [1.82, 2.24) is 9.78 Å². The molecule has 2 aromatic rings. The highest BCUT2D eigenvalue weighted by molar-refractivity contribution is 6.01. The molecule has 0 fully saturated rings. The van der Waals surface area contributed by atoms with Gasteiger partial charge in [0.1, 0.15) is 5.69 Å². The first-order valence-corrected chi connectivity index (χ1v) is 10.4. The Morgan fingerprint density at radius 2 is 2.11 bits per heavy atom. The average molecular weight is 379 g/mol. The number of hydrogen-bond acceptors (Lipinski definition) is 3. The SMILES string of the molecule is C=C(N=C(C)c1nn(CC)c2c1CCC(C)(C)C2)c1ccc(CCN)cc1C. The molecule has 1 aromatic heterocycles. The molecule has 2 N–H and O–H groups in total. The van der Waals surface area contributed by atoms with Crippen LogP contribution in [0.25, 0.3) is 5.70 Å². The maximum atomic E-state index is 5.68. The summed E-state index contributed by atoms with van der Waals surface area (Å²) >= 11 is 0. The van der Waals surface area contributed by atoms with E-state index in [2.05, 4.69) is 64.1 Å². The lowest BCUT2D eigenvalue weighted by molar-refractivity contribution is 0.304. The summed E-state index contributed by atoms with van der Waals surface area (Å²) in [6.07, 6.45) is 4.24. The number of rotatable bonds is 6. The summed E-state index contributed by atoms with van der Waals surface area (Å²) < 4.78 is 2.17. The van der Waals surface area contributed by atoms with E-state index >= 15 is 0 Å². The van der Waals surface area contributed by atoms with Crippen LogP contribution in [0.4, 0.5) is 0 Å². The molecule has 0 amide bonds. The smallest absolute Gasteiger partial charge is 0.110 e. The van der Waals surface area contributed by atoms with E-state index in [9.17, 15) is 0 Å². The van der Waals surface area contributed by atoms with Crippen molar-refractivity contribution < 1.29 is 0 Å². The van der Waals surface area contributed by atoms with E-state index in [4.69, 9.17) is 15.8 Å². The molecule has 1 aliphatic carbocycles. The number of benzene rings is 1. The van der Waals surface area contributed by atoms with E-state index in [0.29, 0.717) is 12.0 Å². The number of aliphatic imine (C=N–C) groups is 1. The zero-order valence-corrected chi connectivity index (χ0v) is 18.1. The van der Waals surface area contributed by atoms with Crippen molar-refractivity contribution in [2.75, 3.05) is 6.54 Å². The predicted molar refractivity (Wildman–Crippen MR) is 119 cm³/mol. The number of fused-ring (bicyclic) bond motifs is 1. The Morgan fingerprint density at radius 3 is 2.75 bits per heavy atom. The molecule has 0 atom stereocenters. The topological polar surface area (TPSA) is 56.2 Å². The van der Waals surface area contributed by atoms with Gasteiger partial charge >= 0.3 is 0 Å². The van der Waals surface area contributed by atoms with Gasteiger partial charge < -0.3 is 5.73 Å². The highest BCUT2D eigenvalue weighted by atomic mass is 15.3. The van der Waals surface area contributed by atoms with Crippen LogP contribution in [0.15, 0.2) is 29.8 Å². The number of nitrogens with zero attached hydrogens (tertiary/aromatic N) is 3. The Morgan fingerprint density at radius 1 is 1.36 bits per heavy atom. The van der Waals surface area contributed by atoms with E-state index in [1.807, 2.05) is 0 Å². The lowest BCUT2D eigenvalue weighted by atomic mass is 9.76. The third-order valence-electron chi connectivity index (χ3n) is 5.84. The molecule has 0 spiro atoms. The second-order valence-corrected chi connectivity index (χ2v) is 8.76. The number of aryl methyl sites for hydroxylation is 2. The van der Waals surface area contributed by atoms with Gasteiger partial charge in [-0.3, -0.25) is 9.67 Å². The van der Waals surface area contributed by atoms with Crippen molar-refractivity contribution in [1.29, 1.82) is 0 Å². The molecule has 0 bridgehead atoms. The molecular formula is C24H34N4. The van der Waals surface area contributed by atoms with Crippen molar-refractivity contribution in [3.63, 3.8) is 0 Å². The van der Waals surface area contributed by atoms with Gasteiger partial charge in [0, 0.05) is 23.4 Å². The van der Waals surface area contributed by atoms with Crippen LogP contribution in [-0.2, 0) is 25.8 Å². The van der Waals surface area contributed by atoms with Crippen LogP contribution in [0.1, 0.15) is 67.8 Å². The molecule has 0 saturated carbocycles. The third-order valence-corrected chi connectivity index (χ3v) is 5.84. The molecule has 28 heavy (non-hydrogen) atoms. The predicted octanol–water partition coefficient (Wildman–Crippen LogP) is 4.71. The zero-order valence-electron chi connectivity index (χ0n) is 18.1. The van der Waals surface area contributed by atoms with Crippen molar-refractivity contribution in [3.8, 4) is 0 Å². The van der Waals surface area contributed by atoms with Crippen LogP contribution in [-0.4, -0.2) is 22.0 Å². The van der Waals surface area contributed by atoms with E-state index in [1.165, 1.54) is 28.8 Å². The molecular weight excluding hydrogens is 344 g/mol. The van der Waals surface area contributed by atoms with Crippen LogP contribution in [0.5, 0.6) is 0 Å². The Labute approximate surface area is 169 Å². The first kappa shape index (κ1) is 20.5. The normalized spacial score (nSPS) is 16.1. The molecule has 0 radical (unpaired) electrons. The van der Waals surface area contributed by atoms with E-state index < -0.39 is 0 Å². The van der Waals surface area contributed by atoms with E-state index in [0.717, 1.165) is 48.5 Å². The molecule has 4 nitrogen and oxygen atoms in total. The first-order chi connectivity index (χ1) is 13.3. The standard InChI is InChI=1S/C24H34N4/c1-7-28-22-15-24(5,6)12-10-21(22)23(27-28)18(4)26-17(3)20-9-8-19(11-13-25)14-16(20)2/h8-9,14H,3,7,10-13,15,25H2,1-2,4-6H3. The Hall–Kier alpha value is -2.20. The van der Waals surface area contributed by atoms with Gasteiger partial charge in [-0.1, -0.05) is 38.6 Å². The molecule has 3 rings (SSSR count). The largest absolute Gasteiger partial charge is 0.330 e. The van der Waals surface area contributed by atoms with Crippen molar-refractivity contribution in [2.24, 2.45) is 16.1 Å². The lowest BCUT2D eigenvalue weighted by Crippen LogP contribution is -2.24. The first-order valence-electron chi connectivity index (χ1n) is 10.4. The van der Waals surface area contributed by atoms with Crippen LogP contribution in [0.3, 0.4) is 0 Å². The summed E-state index contributed by atoms with van der Waals surface area (Å²) in [5.41, 5.74) is 15.1. The molecule has 1 heterocycles. The van der Waals surface area contributed by atoms with Crippen LogP contribution in [0, 0.1) is 12.3 Å². The molecule has 150 valence electrons. The molecule has 0 unspecified atom stereocenters. The highest BCUT2D eigenvalue weighted by Gasteiger charge is 2.31. The fraction of sp³-hybridized carbons (Fsp3) is 0.500. The summed E-state index contributed by atoms with van der Waals surface area (Å²) in [5, 5.41) is 4.91. The Balaban J connectivity index is 1.92. The van der Waals surface area contributed by atoms with Crippen molar-refractivity contribution in [3.05, 3.63) is 58.4 Å². The summed E-state index contributed by atoms with van der Waals surface area (Å²) in [7, 11) is 0. The van der Waals surface area contributed by atoms with Gasteiger partial charge in [0.2, 0.25) is 0 Å².